The largest absolute Gasteiger partial charge is 0.365 e. The summed E-state index contributed by atoms with van der Waals surface area (Å²) in [5, 5.41) is 1.12. The fraction of sp³-hybridized carbons (Fsp3) is 0.308. The van der Waals surface area contributed by atoms with E-state index in [2.05, 4.69) is 24.5 Å². The van der Waals surface area contributed by atoms with E-state index in [1.165, 1.54) is 11.6 Å². The predicted octanol–water partition coefficient (Wildman–Crippen LogP) is 4.52. The average molecular weight is 464 g/mol. The molecule has 2 aromatic heterocycles. The molecule has 5 rings (SSSR count). The van der Waals surface area contributed by atoms with Gasteiger partial charge in [0.25, 0.3) is 5.56 Å². The van der Waals surface area contributed by atoms with Gasteiger partial charge in [0.05, 0.1) is 34.4 Å². The molecule has 3 heterocycles. The van der Waals surface area contributed by atoms with Gasteiger partial charge in [-0.05, 0) is 50.1 Å². The first-order chi connectivity index (χ1) is 15.6. The van der Waals surface area contributed by atoms with Crippen molar-refractivity contribution < 1.29 is 4.74 Å². The summed E-state index contributed by atoms with van der Waals surface area (Å²) in [6.45, 7) is 6.64. The van der Waals surface area contributed by atoms with Crippen LogP contribution in [0, 0.1) is 6.92 Å². The van der Waals surface area contributed by atoms with Crippen LogP contribution < -0.4 is 11.2 Å². The average Bonchev–Trinajstić information content (AvgIpc) is 3.14. The molecule has 1 unspecified atom stereocenters. The van der Waals surface area contributed by atoms with E-state index < -0.39 is 11.6 Å². The molecule has 0 N–H and O–H groups in total. The minimum atomic E-state index is -0.476. The molecule has 7 heteroatoms. The quantitative estimate of drug-likeness (QED) is 0.439. The number of halogens is 1. The zero-order chi connectivity index (χ0) is 23.7. The van der Waals surface area contributed by atoms with E-state index in [0.29, 0.717) is 22.5 Å². The van der Waals surface area contributed by atoms with Crippen molar-refractivity contribution in [3.63, 3.8) is 0 Å². The van der Waals surface area contributed by atoms with Gasteiger partial charge in [-0.15, -0.1) is 0 Å². The maximum atomic E-state index is 13.6. The number of hydrogen-bond donors (Lipinski definition) is 0. The normalized spacial score (nSPS) is 17.3. The second kappa shape index (κ2) is 7.47. The van der Waals surface area contributed by atoms with Gasteiger partial charge in [0, 0.05) is 19.1 Å². The third-order valence-electron chi connectivity index (χ3n) is 6.51. The Hall–Kier alpha value is -3.09. The second-order valence-electron chi connectivity index (χ2n) is 9.43. The summed E-state index contributed by atoms with van der Waals surface area (Å²) in [4.78, 5) is 26.6. The van der Waals surface area contributed by atoms with Gasteiger partial charge in [0.2, 0.25) is 0 Å². The second-order valence-corrected chi connectivity index (χ2v) is 9.86. The SMILES string of the molecule is Cc1cccc(-c2c3c(=O)n(C)c(=O)n(C)c3c3n2C(C)(C)COC3c2cccc(Cl)c2)c1. The fourth-order valence-corrected chi connectivity index (χ4v) is 5.18. The van der Waals surface area contributed by atoms with Crippen molar-refractivity contribution >= 4 is 22.5 Å². The van der Waals surface area contributed by atoms with Crippen molar-refractivity contribution in [2.24, 2.45) is 14.1 Å². The van der Waals surface area contributed by atoms with Gasteiger partial charge < -0.3 is 9.30 Å². The number of ether oxygens (including phenoxy) is 1. The molecule has 0 spiro atoms. The van der Waals surface area contributed by atoms with Gasteiger partial charge in [0.15, 0.2) is 0 Å². The standard InChI is InChI=1S/C26H26ClN3O3/c1-15-8-6-9-16(12-15)20-19-21(28(4)25(32)29(5)24(19)31)22-23(17-10-7-11-18(27)13-17)33-14-26(2,3)30(20)22/h6-13,23H,14H2,1-5H3. The number of benzene rings is 2. The third-order valence-corrected chi connectivity index (χ3v) is 6.74. The Bertz CT molecular complexity index is 1540. The molecular weight excluding hydrogens is 438 g/mol. The Labute approximate surface area is 196 Å². The van der Waals surface area contributed by atoms with Crippen LogP contribution in [0.15, 0.2) is 58.1 Å². The first-order valence-electron chi connectivity index (χ1n) is 10.9. The van der Waals surface area contributed by atoms with Crippen LogP contribution in [0.1, 0.15) is 36.8 Å². The molecule has 1 aliphatic heterocycles. The van der Waals surface area contributed by atoms with Crippen molar-refractivity contribution in [3.05, 3.63) is 91.2 Å². The summed E-state index contributed by atoms with van der Waals surface area (Å²) in [6.07, 6.45) is -0.476. The highest BCUT2D eigenvalue weighted by atomic mass is 35.5. The third kappa shape index (κ3) is 3.20. The van der Waals surface area contributed by atoms with E-state index in [9.17, 15) is 9.59 Å². The lowest BCUT2D eigenvalue weighted by Crippen LogP contribution is -2.40. The van der Waals surface area contributed by atoms with Crippen LogP contribution >= 0.6 is 11.6 Å². The zero-order valence-electron chi connectivity index (χ0n) is 19.3. The van der Waals surface area contributed by atoms with Gasteiger partial charge in [-0.3, -0.25) is 13.9 Å². The molecule has 0 saturated heterocycles. The summed E-state index contributed by atoms with van der Waals surface area (Å²) in [5.41, 5.74) is 3.95. The highest BCUT2D eigenvalue weighted by Crippen LogP contribution is 2.45. The molecule has 1 aliphatic rings. The first-order valence-corrected chi connectivity index (χ1v) is 11.3. The maximum absolute atomic E-state index is 13.6. The highest BCUT2D eigenvalue weighted by molar-refractivity contribution is 6.30. The van der Waals surface area contributed by atoms with E-state index in [1.54, 1.807) is 11.6 Å². The molecule has 33 heavy (non-hydrogen) atoms. The molecule has 0 fully saturated rings. The van der Waals surface area contributed by atoms with E-state index in [4.69, 9.17) is 16.3 Å². The number of aromatic nitrogens is 3. The lowest BCUT2D eigenvalue weighted by molar-refractivity contribution is -0.00706. The van der Waals surface area contributed by atoms with Crippen LogP contribution in [-0.4, -0.2) is 20.3 Å². The fourth-order valence-electron chi connectivity index (χ4n) is 4.99. The van der Waals surface area contributed by atoms with E-state index in [-0.39, 0.29) is 11.2 Å². The molecule has 1 atom stereocenters. The molecule has 0 aliphatic carbocycles. The number of rotatable bonds is 2. The van der Waals surface area contributed by atoms with Gasteiger partial charge in [-0.2, -0.15) is 0 Å². The molecular formula is C26H26ClN3O3. The molecule has 0 radical (unpaired) electrons. The minimum absolute atomic E-state index is 0.313. The lowest BCUT2D eigenvalue weighted by atomic mass is 9.98. The van der Waals surface area contributed by atoms with Gasteiger partial charge in [-0.25, -0.2) is 4.79 Å². The Kier molecular flexibility index (Phi) is 4.92. The summed E-state index contributed by atoms with van der Waals surface area (Å²) >= 11 is 6.32. The van der Waals surface area contributed by atoms with Gasteiger partial charge in [-0.1, -0.05) is 47.5 Å². The molecule has 6 nitrogen and oxygen atoms in total. The van der Waals surface area contributed by atoms with Crippen LogP contribution in [0.5, 0.6) is 0 Å². The van der Waals surface area contributed by atoms with E-state index in [0.717, 1.165) is 28.1 Å². The topological polar surface area (TPSA) is 58.2 Å². The van der Waals surface area contributed by atoms with Crippen molar-refractivity contribution in [2.45, 2.75) is 32.4 Å². The van der Waals surface area contributed by atoms with Crippen molar-refractivity contribution in [1.82, 2.24) is 13.7 Å². The smallest absolute Gasteiger partial charge is 0.331 e. The molecule has 0 bridgehead atoms. The highest BCUT2D eigenvalue weighted by Gasteiger charge is 2.40. The Morgan fingerprint density at radius 2 is 1.76 bits per heavy atom. The van der Waals surface area contributed by atoms with Crippen molar-refractivity contribution in [2.75, 3.05) is 6.61 Å². The summed E-state index contributed by atoms with van der Waals surface area (Å²) in [5.74, 6) is 0. The van der Waals surface area contributed by atoms with E-state index >= 15 is 0 Å². The Morgan fingerprint density at radius 3 is 2.45 bits per heavy atom. The Morgan fingerprint density at radius 1 is 1.03 bits per heavy atom. The summed E-state index contributed by atoms with van der Waals surface area (Å²) < 4.78 is 11.3. The number of hydrogen-bond acceptors (Lipinski definition) is 3. The van der Waals surface area contributed by atoms with Gasteiger partial charge >= 0.3 is 5.69 Å². The first kappa shape index (κ1) is 21.7. The van der Waals surface area contributed by atoms with Crippen LogP contribution in [0.4, 0.5) is 0 Å². The van der Waals surface area contributed by atoms with Crippen LogP contribution in [-0.2, 0) is 24.4 Å². The summed E-state index contributed by atoms with van der Waals surface area (Å²) in [7, 11) is 3.23. The molecule has 0 amide bonds. The lowest BCUT2D eigenvalue weighted by Gasteiger charge is -2.39. The molecule has 170 valence electrons. The molecule has 4 aromatic rings. The predicted molar refractivity (Wildman–Crippen MR) is 131 cm³/mol. The molecule has 0 saturated carbocycles. The van der Waals surface area contributed by atoms with Crippen LogP contribution in [0.3, 0.4) is 0 Å². The zero-order valence-corrected chi connectivity index (χ0v) is 20.1. The number of nitrogens with zero attached hydrogens (tertiary/aromatic N) is 3. The summed E-state index contributed by atoms with van der Waals surface area (Å²) in [6, 6.07) is 15.6. The van der Waals surface area contributed by atoms with Crippen LogP contribution in [0.2, 0.25) is 5.02 Å². The van der Waals surface area contributed by atoms with E-state index in [1.807, 2.05) is 49.4 Å². The van der Waals surface area contributed by atoms with Crippen molar-refractivity contribution in [3.8, 4) is 11.3 Å². The molecule has 2 aromatic carbocycles. The van der Waals surface area contributed by atoms with Crippen molar-refractivity contribution in [1.29, 1.82) is 0 Å². The van der Waals surface area contributed by atoms with Gasteiger partial charge in [0.1, 0.15) is 6.10 Å². The Balaban J connectivity index is 2.03. The monoisotopic (exact) mass is 463 g/mol. The van der Waals surface area contributed by atoms with Crippen LogP contribution in [0.25, 0.3) is 22.2 Å². The minimum Gasteiger partial charge on any atom is -0.365 e. The number of aryl methyl sites for hydroxylation is 2. The maximum Gasteiger partial charge on any atom is 0.331 e. The number of fused-ring (bicyclic) bond motifs is 3.